The normalized spacial score (nSPS) is 15.4. The maximum Gasteiger partial charge on any atom is 0.407 e. The second-order valence-corrected chi connectivity index (χ2v) is 6.26. The van der Waals surface area contributed by atoms with Gasteiger partial charge in [-0.05, 0) is 40.5 Å². The second-order valence-electron chi connectivity index (χ2n) is 6.26. The smallest absolute Gasteiger partial charge is 0.407 e. The number of carbonyl (C=O) groups excluding carboxylic acids is 2. The predicted molar refractivity (Wildman–Crippen MR) is 81.6 cm³/mol. The predicted octanol–water partition coefficient (Wildman–Crippen LogP) is 3.71. The van der Waals surface area contributed by atoms with Crippen molar-refractivity contribution in [3.8, 4) is 0 Å². The van der Waals surface area contributed by atoms with Crippen LogP contribution in [0.3, 0.4) is 0 Å². The van der Waals surface area contributed by atoms with Gasteiger partial charge >= 0.3 is 6.09 Å². The van der Waals surface area contributed by atoms with Gasteiger partial charge < -0.3 is 10.1 Å². The van der Waals surface area contributed by atoms with E-state index in [1.165, 1.54) is 5.57 Å². The average molecular weight is 283 g/mol. The van der Waals surface area contributed by atoms with E-state index < -0.39 is 11.7 Å². The lowest BCUT2D eigenvalue weighted by molar-refractivity contribution is -0.123. The lowest BCUT2D eigenvalue weighted by Gasteiger charge is -2.21. The minimum absolute atomic E-state index is 0.0355. The van der Waals surface area contributed by atoms with Crippen molar-refractivity contribution in [2.75, 3.05) is 6.54 Å². The van der Waals surface area contributed by atoms with Crippen molar-refractivity contribution in [1.29, 1.82) is 0 Å². The summed E-state index contributed by atoms with van der Waals surface area (Å²) in [6.07, 6.45) is 1.89. The Morgan fingerprint density at radius 1 is 1.20 bits per heavy atom. The Morgan fingerprint density at radius 3 is 2.20 bits per heavy atom. The number of rotatable bonds is 6. The van der Waals surface area contributed by atoms with E-state index in [0.29, 0.717) is 13.0 Å². The van der Waals surface area contributed by atoms with Gasteiger partial charge in [0, 0.05) is 18.9 Å². The molecule has 0 bridgehead atoms. The molecule has 0 aromatic carbocycles. The molecule has 0 fully saturated rings. The first kappa shape index (κ1) is 18.7. The molecular formula is C16H29NO3. The summed E-state index contributed by atoms with van der Waals surface area (Å²) in [5.74, 6) is 0.357. The van der Waals surface area contributed by atoms with E-state index in [2.05, 4.69) is 12.2 Å². The molecular weight excluding hydrogens is 254 g/mol. The minimum Gasteiger partial charge on any atom is -0.444 e. The van der Waals surface area contributed by atoms with E-state index in [1.54, 1.807) is 20.8 Å². The van der Waals surface area contributed by atoms with Gasteiger partial charge in [0.05, 0.1) is 0 Å². The molecule has 0 aliphatic rings. The summed E-state index contributed by atoms with van der Waals surface area (Å²) in [4.78, 5) is 23.5. The van der Waals surface area contributed by atoms with Crippen LogP contribution in [0.25, 0.3) is 0 Å². The fourth-order valence-corrected chi connectivity index (χ4v) is 1.77. The molecule has 2 unspecified atom stereocenters. The standard InChI is InChI=1S/C16H29NO3/c1-8-11(2)12(3)13(4)14(18)9-10-17-15(19)20-16(5,6)7/h8,12-13H,9-10H2,1-7H3,(H,17,19)/b11-8+. The van der Waals surface area contributed by atoms with Crippen molar-refractivity contribution in [3.05, 3.63) is 11.6 Å². The summed E-state index contributed by atoms with van der Waals surface area (Å²) in [6.45, 7) is 13.7. The Bertz CT molecular complexity index is 366. The Balaban J connectivity index is 4.15. The van der Waals surface area contributed by atoms with Crippen molar-refractivity contribution in [1.82, 2.24) is 5.32 Å². The van der Waals surface area contributed by atoms with Crippen LogP contribution in [-0.2, 0) is 9.53 Å². The Morgan fingerprint density at radius 2 is 1.75 bits per heavy atom. The number of carbonyl (C=O) groups is 2. The van der Waals surface area contributed by atoms with Gasteiger partial charge in [0.1, 0.15) is 11.4 Å². The van der Waals surface area contributed by atoms with E-state index in [0.717, 1.165) is 0 Å². The summed E-state index contributed by atoms with van der Waals surface area (Å²) in [7, 11) is 0. The number of nitrogens with one attached hydrogen (secondary N) is 1. The van der Waals surface area contributed by atoms with Crippen molar-refractivity contribution in [3.63, 3.8) is 0 Å². The lowest BCUT2D eigenvalue weighted by atomic mass is 9.85. The first-order valence-electron chi connectivity index (χ1n) is 7.21. The summed E-state index contributed by atoms with van der Waals surface area (Å²) in [6, 6.07) is 0. The van der Waals surface area contributed by atoms with Gasteiger partial charge in [0.15, 0.2) is 0 Å². The molecule has 0 heterocycles. The molecule has 1 amide bonds. The summed E-state index contributed by atoms with van der Waals surface area (Å²) >= 11 is 0. The van der Waals surface area contributed by atoms with E-state index >= 15 is 0 Å². The molecule has 4 heteroatoms. The fraction of sp³-hybridized carbons (Fsp3) is 0.750. The molecule has 2 atom stereocenters. The Kier molecular flexibility index (Phi) is 7.54. The Labute approximate surface area is 123 Å². The highest BCUT2D eigenvalue weighted by atomic mass is 16.6. The van der Waals surface area contributed by atoms with Gasteiger partial charge in [-0.25, -0.2) is 4.79 Å². The fourth-order valence-electron chi connectivity index (χ4n) is 1.77. The van der Waals surface area contributed by atoms with Gasteiger partial charge in [-0.15, -0.1) is 0 Å². The zero-order valence-electron chi connectivity index (χ0n) is 13.9. The number of ether oxygens (including phenoxy) is 1. The highest BCUT2D eigenvalue weighted by molar-refractivity contribution is 5.82. The van der Waals surface area contributed by atoms with Crippen molar-refractivity contribution in [2.24, 2.45) is 11.8 Å². The minimum atomic E-state index is -0.515. The van der Waals surface area contributed by atoms with E-state index in [-0.39, 0.29) is 17.6 Å². The number of ketones is 1. The van der Waals surface area contributed by atoms with Crippen molar-refractivity contribution in [2.45, 2.75) is 60.5 Å². The quantitative estimate of drug-likeness (QED) is 0.756. The first-order chi connectivity index (χ1) is 9.08. The first-order valence-corrected chi connectivity index (χ1v) is 7.21. The Hall–Kier alpha value is -1.32. The number of hydrogen-bond donors (Lipinski definition) is 1. The van der Waals surface area contributed by atoms with Crippen LogP contribution in [0.2, 0.25) is 0 Å². The van der Waals surface area contributed by atoms with Gasteiger partial charge in [-0.3, -0.25) is 4.79 Å². The molecule has 116 valence electrons. The zero-order chi connectivity index (χ0) is 15.9. The van der Waals surface area contributed by atoms with Gasteiger partial charge in [0.25, 0.3) is 0 Å². The lowest BCUT2D eigenvalue weighted by Crippen LogP contribution is -2.34. The third-order valence-electron chi connectivity index (χ3n) is 3.47. The molecule has 4 nitrogen and oxygen atoms in total. The van der Waals surface area contributed by atoms with Crippen molar-refractivity contribution < 1.29 is 14.3 Å². The van der Waals surface area contributed by atoms with E-state index in [9.17, 15) is 9.59 Å². The van der Waals surface area contributed by atoms with Crippen LogP contribution < -0.4 is 5.32 Å². The molecule has 0 aromatic heterocycles. The third-order valence-corrected chi connectivity index (χ3v) is 3.47. The van der Waals surface area contributed by atoms with Gasteiger partial charge in [0.2, 0.25) is 0 Å². The largest absolute Gasteiger partial charge is 0.444 e. The third kappa shape index (κ3) is 7.31. The molecule has 0 aliphatic carbocycles. The highest BCUT2D eigenvalue weighted by Gasteiger charge is 2.21. The molecule has 0 rings (SSSR count). The molecule has 0 radical (unpaired) electrons. The molecule has 0 saturated carbocycles. The van der Waals surface area contributed by atoms with Crippen LogP contribution >= 0.6 is 0 Å². The van der Waals surface area contributed by atoms with Crippen LogP contribution in [0.15, 0.2) is 11.6 Å². The van der Waals surface area contributed by atoms with Crippen LogP contribution in [0.1, 0.15) is 54.9 Å². The molecule has 0 spiro atoms. The maximum atomic E-state index is 12.1. The number of amides is 1. The average Bonchev–Trinajstić information content (AvgIpc) is 2.33. The number of Topliss-reactive ketones (excluding diaryl/α,β-unsaturated/α-hetero) is 1. The number of allylic oxidation sites excluding steroid dienone is 2. The summed E-state index contributed by atoms with van der Waals surface area (Å²) < 4.78 is 5.11. The van der Waals surface area contributed by atoms with Crippen LogP contribution in [-0.4, -0.2) is 24.0 Å². The maximum absolute atomic E-state index is 12.1. The van der Waals surface area contributed by atoms with Crippen LogP contribution in [0, 0.1) is 11.8 Å². The second kappa shape index (κ2) is 8.08. The molecule has 20 heavy (non-hydrogen) atoms. The summed E-state index contributed by atoms with van der Waals surface area (Å²) in [5.41, 5.74) is 0.699. The van der Waals surface area contributed by atoms with E-state index in [1.807, 2.05) is 26.8 Å². The number of hydrogen-bond acceptors (Lipinski definition) is 3. The van der Waals surface area contributed by atoms with Crippen molar-refractivity contribution >= 4 is 11.9 Å². The highest BCUT2D eigenvalue weighted by Crippen LogP contribution is 2.21. The summed E-state index contributed by atoms with van der Waals surface area (Å²) in [5, 5.41) is 2.61. The molecule has 0 aromatic rings. The molecule has 0 saturated heterocycles. The van der Waals surface area contributed by atoms with Gasteiger partial charge in [-0.2, -0.15) is 0 Å². The number of alkyl carbamates (subject to hydrolysis) is 1. The van der Waals surface area contributed by atoms with E-state index in [4.69, 9.17) is 4.74 Å². The van der Waals surface area contributed by atoms with Crippen LogP contribution in [0.5, 0.6) is 0 Å². The molecule has 1 N–H and O–H groups in total. The van der Waals surface area contributed by atoms with Crippen LogP contribution in [0.4, 0.5) is 4.79 Å². The monoisotopic (exact) mass is 283 g/mol. The topological polar surface area (TPSA) is 55.4 Å². The SMILES string of the molecule is C/C=C(\C)C(C)C(C)C(=O)CCNC(=O)OC(C)(C)C. The zero-order valence-corrected chi connectivity index (χ0v) is 13.9. The van der Waals surface area contributed by atoms with Gasteiger partial charge in [-0.1, -0.05) is 25.5 Å². The molecule has 0 aliphatic heterocycles.